The Morgan fingerprint density at radius 3 is 2.95 bits per heavy atom. The topological polar surface area (TPSA) is 65.1 Å². The fourth-order valence-electron chi connectivity index (χ4n) is 3.96. The normalized spacial score (nSPS) is 28.3. The van der Waals surface area contributed by atoms with E-state index in [1.807, 2.05) is 0 Å². The molecule has 1 aromatic heterocycles. The summed E-state index contributed by atoms with van der Waals surface area (Å²) in [6.45, 7) is 3.04. The van der Waals surface area contributed by atoms with Crippen molar-refractivity contribution in [1.82, 2.24) is 15.2 Å². The van der Waals surface area contributed by atoms with Gasteiger partial charge in [-0.2, -0.15) is 5.10 Å². The van der Waals surface area contributed by atoms with E-state index in [-0.39, 0.29) is 6.04 Å². The zero-order valence-corrected chi connectivity index (χ0v) is 13.0. The number of ether oxygens (including phenoxy) is 1. The first-order valence-electron chi connectivity index (χ1n) is 8.43. The van der Waals surface area contributed by atoms with Gasteiger partial charge in [-0.1, -0.05) is 19.8 Å². The largest absolute Gasteiger partial charge is 0.378 e. The number of nitrogens with one attached hydrogen (secondary N) is 1. The molecule has 118 valence electrons. The first kappa shape index (κ1) is 15.0. The third-order valence-electron chi connectivity index (χ3n) is 5.19. The summed E-state index contributed by atoms with van der Waals surface area (Å²) in [6, 6.07) is 3.02. The zero-order valence-electron chi connectivity index (χ0n) is 13.0. The minimum Gasteiger partial charge on any atom is -0.378 e. The third-order valence-corrected chi connectivity index (χ3v) is 5.19. The van der Waals surface area contributed by atoms with Gasteiger partial charge in [0.25, 0.3) is 0 Å². The number of hydrazine groups is 1. The maximum absolute atomic E-state index is 5.81. The fraction of sp³-hybridized carbons (Fsp3) is 0.812. The van der Waals surface area contributed by atoms with Crippen LogP contribution >= 0.6 is 0 Å². The van der Waals surface area contributed by atoms with Crippen LogP contribution in [0.3, 0.4) is 0 Å². The molecule has 1 aromatic rings. The number of hydrogen-bond donors (Lipinski definition) is 2. The van der Waals surface area contributed by atoms with Gasteiger partial charge in [-0.25, -0.2) is 0 Å². The van der Waals surface area contributed by atoms with Gasteiger partial charge in [0.2, 0.25) is 0 Å². The highest BCUT2D eigenvalue weighted by Gasteiger charge is 2.33. The molecule has 0 bridgehead atoms. The van der Waals surface area contributed by atoms with Gasteiger partial charge >= 0.3 is 0 Å². The lowest BCUT2D eigenvalue weighted by Gasteiger charge is -2.25. The third kappa shape index (κ3) is 3.30. The Bertz CT molecular complexity index is 441. The molecule has 1 aliphatic carbocycles. The van der Waals surface area contributed by atoms with Gasteiger partial charge in [0.1, 0.15) is 0 Å². The van der Waals surface area contributed by atoms with Crippen molar-refractivity contribution in [3.05, 3.63) is 18.0 Å². The average molecular weight is 292 g/mol. The van der Waals surface area contributed by atoms with Gasteiger partial charge in [-0.15, -0.1) is 0 Å². The van der Waals surface area contributed by atoms with E-state index in [9.17, 15) is 0 Å². The molecule has 1 saturated heterocycles. The van der Waals surface area contributed by atoms with Crippen molar-refractivity contribution in [1.29, 1.82) is 0 Å². The van der Waals surface area contributed by atoms with Crippen LogP contribution in [-0.2, 0) is 11.2 Å². The number of nitrogens with zero attached hydrogens (tertiary/aromatic N) is 2. The summed E-state index contributed by atoms with van der Waals surface area (Å²) in [6.07, 6.45) is 10.7. The van der Waals surface area contributed by atoms with Crippen LogP contribution in [0.15, 0.2) is 12.3 Å². The maximum Gasteiger partial charge on any atom is 0.0640 e. The number of hydrogen-bond acceptors (Lipinski definition) is 4. The molecule has 0 spiro atoms. The lowest BCUT2D eigenvalue weighted by molar-refractivity contribution is 0.0773. The van der Waals surface area contributed by atoms with Crippen LogP contribution in [0.1, 0.15) is 57.2 Å². The molecule has 0 amide bonds. The van der Waals surface area contributed by atoms with Crippen molar-refractivity contribution in [2.24, 2.45) is 11.8 Å². The summed E-state index contributed by atoms with van der Waals surface area (Å²) >= 11 is 0. The molecular weight excluding hydrogens is 264 g/mol. The van der Waals surface area contributed by atoms with E-state index in [1.165, 1.54) is 25.7 Å². The minimum atomic E-state index is 0.254. The highest BCUT2D eigenvalue weighted by atomic mass is 16.5. The Morgan fingerprint density at radius 1 is 1.43 bits per heavy atom. The van der Waals surface area contributed by atoms with Crippen molar-refractivity contribution in [3.63, 3.8) is 0 Å². The molecule has 3 N–H and O–H groups in total. The number of aromatic nitrogens is 2. The Hall–Kier alpha value is -0.910. The average Bonchev–Trinajstić information content (AvgIpc) is 3.23. The molecular formula is C16H28N4O. The standard InChI is InChI=1S/C16H28N4O/c1-2-16-14(8-10-21-16)15(18-17)11-12-7-9-20(19-12)13-5-3-4-6-13/h7,9,13-16,18H,2-6,8,10-11,17H2,1H3. The second-order valence-corrected chi connectivity index (χ2v) is 6.47. The molecule has 1 saturated carbocycles. The SMILES string of the molecule is CCC1OCCC1C(Cc1ccn(C2CCCC2)n1)NN. The van der Waals surface area contributed by atoms with E-state index in [1.54, 1.807) is 0 Å². The lowest BCUT2D eigenvalue weighted by Crippen LogP contribution is -2.45. The monoisotopic (exact) mass is 292 g/mol. The van der Waals surface area contributed by atoms with Gasteiger partial charge in [0.05, 0.1) is 17.8 Å². The minimum absolute atomic E-state index is 0.254. The summed E-state index contributed by atoms with van der Waals surface area (Å²) in [5.41, 5.74) is 4.15. The lowest BCUT2D eigenvalue weighted by atomic mass is 9.89. The van der Waals surface area contributed by atoms with Crippen LogP contribution in [0.4, 0.5) is 0 Å². The van der Waals surface area contributed by atoms with Crippen molar-refractivity contribution in [3.8, 4) is 0 Å². The molecule has 3 atom stereocenters. The molecule has 2 aliphatic rings. The summed E-state index contributed by atoms with van der Waals surface area (Å²) in [7, 11) is 0. The van der Waals surface area contributed by atoms with E-state index in [4.69, 9.17) is 15.7 Å². The molecule has 21 heavy (non-hydrogen) atoms. The van der Waals surface area contributed by atoms with E-state index in [2.05, 4.69) is 29.3 Å². The Balaban J connectivity index is 1.63. The first-order chi connectivity index (χ1) is 10.3. The maximum atomic E-state index is 5.81. The van der Waals surface area contributed by atoms with Gasteiger partial charge < -0.3 is 4.74 Å². The summed E-state index contributed by atoms with van der Waals surface area (Å²) in [5, 5.41) is 4.78. The van der Waals surface area contributed by atoms with Crippen LogP contribution in [0.5, 0.6) is 0 Å². The van der Waals surface area contributed by atoms with E-state index >= 15 is 0 Å². The predicted molar refractivity (Wildman–Crippen MR) is 82.7 cm³/mol. The highest BCUT2D eigenvalue weighted by molar-refractivity contribution is 5.04. The fourth-order valence-corrected chi connectivity index (χ4v) is 3.96. The quantitative estimate of drug-likeness (QED) is 0.623. The summed E-state index contributed by atoms with van der Waals surface area (Å²) in [4.78, 5) is 0. The molecule has 3 unspecified atom stereocenters. The first-order valence-corrected chi connectivity index (χ1v) is 8.43. The molecule has 1 aliphatic heterocycles. The Labute approximate surface area is 127 Å². The van der Waals surface area contributed by atoms with Crippen LogP contribution in [0.2, 0.25) is 0 Å². The summed E-state index contributed by atoms with van der Waals surface area (Å²) < 4.78 is 7.97. The molecule has 0 aromatic carbocycles. The van der Waals surface area contributed by atoms with E-state index in [0.29, 0.717) is 18.1 Å². The van der Waals surface area contributed by atoms with Gasteiger partial charge in [-0.3, -0.25) is 16.0 Å². The van der Waals surface area contributed by atoms with Crippen molar-refractivity contribution < 1.29 is 4.74 Å². The second kappa shape index (κ2) is 6.90. The van der Waals surface area contributed by atoms with Crippen molar-refractivity contribution in [2.45, 2.75) is 70.1 Å². The number of nitrogens with two attached hydrogens (primary N) is 1. The molecule has 5 nitrogen and oxygen atoms in total. The van der Waals surface area contributed by atoms with Gasteiger partial charge in [0, 0.05) is 31.2 Å². The van der Waals surface area contributed by atoms with Crippen molar-refractivity contribution in [2.75, 3.05) is 6.61 Å². The van der Waals surface area contributed by atoms with Crippen LogP contribution in [0, 0.1) is 5.92 Å². The predicted octanol–water partition coefficient (Wildman–Crippen LogP) is 2.19. The zero-order chi connectivity index (χ0) is 14.7. The van der Waals surface area contributed by atoms with Gasteiger partial charge in [-0.05, 0) is 31.7 Å². The molecule has 2 fully saturated rings. The smallest absolute Gasteiger partial charge is 0.0640 e. The molecule has 3 rings (SSSR count). The summed E-state index contributed by atoms with van der Waals surface area (Å²) in [5.74, 6) is 6.30. The Morgan fingerprint density at radius 2 is 2.24 bits per heavy atom. The van der Waals surface area contributed by atoms with Gasteiger partial charge in [0.15, 0.2) is 0 Å². The second-order valence-electron chi connectivity index (χ2n) is 6.47. The van der Waals surface area contributed by atoms with Crippen LogP contribution in [0.25, 0.3) is 0 Å². The van der Waals surface area contributed by atoms with Crippen molar-refractivity contribution >= 4 is 0 Å². The van der Waals surface area contributed by atoms with Crippen LogP contribution < -0.4 is 11.3 Å². The number of rotatable bonds is 6. The van der Waals surface area contributed by atoms with E-state index < -0.39 is 0 Å². The Kier molecular flexibility index (Phi) is 4.93. The molecule has 5 heteroatoms. The van der Waals surface area contributed by atoms with E-state index in [0.717, 1.165) is 31.6 Å². The highest BCUT2D eigenvalue weighted by Crippen LogP contribution is 2.30. The molecule has 0 radical (unpaired) electrons. The van der Waals surface area contributed by atoms with Crippen LogP contribution in [-0.4, -0.2) is 28.5 Å². The molecule has 2 heterocycles.